The van der Waals surface area contributed by atoms with Crippen LogP contribution in [0.5, 0.6) is 0 Å². The van der Waals surface area contributed by atoms with Crippen LogP contribution in [0.15, 0.2) is 24.3 Å². The maximum atomic E-state index is 11.9. The van der Waals surface area contributed by atoms with Gasteiger partial charge in [0.1, 0.15) is 5.78 Å². The molecule has 1 fully saturated rings. The van der Waals surface area contributed by atoms with Crippen molar-refractivity contribution >= 4 is 11.6 Å². The van der Waals surface area contributed by atoms with Crippen molar-refractivity contribution in [2.75, 3.05) is 0 Å². The van der Waals surface area contributed by atoms with Crippen molar-refractivity contribution in [3.8, 4) is 0 Å². The molecular formula is C15H18O2. The monoisotopic (exact) mass is 230 g/mol. The third-order valence-electron chi connectivity index (χ3n) is 3.52. The zero-order valence-electron chi connectivity index (χ0n) is 10.2. The summed E-state index contributed by atoms with van der Waals surface area (Å²) in [6.45, 7) is 1.98. The Morgan fingerprint density at radius 2 is 1.71 bits per heavy atom. The smallest absolute Gasteiger partial charge is 0.170 e. The molecule has 17 heavy (non-hydrogen) atoms. The van der Waals surface area contributed by atoms with Gasteiger partial charge in [0.2, 0.25) is 0 Å². The second-order valence-corrected chi connectivity index (χ2v) is 4.91. The maximum absolute atomic E-state index is 11.9. The summed E-state index contributed by atoms with van der Waals surface area (Å²) in [5, 5.41) is 0. The van der Waals surface area contributed by atoms with E-state index < -0.39 is 0 Å². The van der Waals surface area contributed by atoms with Crippen LogP contribution < -0.4 is 0 Å². The van der Waals surface area contributed by atoms with Crippen LogP contribution in [0.25, 0.3) is 0 Å². The Hall–Kier alpha value is -1.44. The molecule has 0 saturated heterocycles. The third kappa shape index (κ3) is 3.02. The van der Waals surface area contributed by atoms with E-state index in [1.807, 2.05) is 19.1 Å². The number of rotatable bonds is 4. The van der Waals surface area contributed by atoms with Crippen LogP contribution in [-0.2, 0) is 4.79 Å². The topological polar surface area (TPSA) is 34.1 Å². The number of hydrogen-bond donors (Lipinski definition) is 0. The van der Waals surface area contributed by atoms with Gasteiger partial charge in [-0.05, 0) is 19.8 Å². The van der Waals surface area contributed by atoms with Crippen LogP contribution in [0, 0.1) is 12.8 Å². The summed E-state index contributed by atoms with van der Waals surface area (Å²) in [4.78, 5) is 23.8. The molecule has 1 aliphatic rings. The van der Waals surface area contributed by atoms with Crippen LogP contribution in [0.3, 0.4) is 0 Å². The SMILES string of the molecule is Cc1ccc(C(=O)CC(=O)C2CCCC2)cc1. The van der Waals surface area contributed by atoms with Gasteiger partial charge in [-0.3, -0.25) is 9.59 Å². The average molecular weight is 230 g/mol. The first kappa shape index (κ1) is 12.0. The number of benzene rings is 1. The summed E-state index contributed by atoms with van der Waals surface area (Å²) in [5.41, 5.74) is 1.78. The Morgan fingerprint density at radius 1 is 1.12 bits per heavy atom. The van der Waals surface area contributed by atoms with E-state index in [0.29, 0.717) is 5.56 Å². The molecule has 0 aliphatic heterocycles. The number of ketones is 2. The Bertz CT molecular complexity index is 411. The number of hydrogen-bond acceptors (Lipinski definition) is 2. The van der Waals surface area contributed by atoms with Crippen molar-refractivity contribution in [2.24, 2.45) is 5.92 Å². The van der Waals surface area contributed by atoms with E-state index in [-0.39, 0.29) is 23.9 Å². The van der Waals surface area contributed by atoms with Crippen molar-refractivity contribution in [3.05, 3.63) is 35.4 Å². The van der Waals surface area contributed by atoms with E-state index in [9.17, 15) is 9.59 Å². The van der Waals surface area contributed by atoms with Crippen molar-refractivity contribution < 1.29 is 9.59 Å². The molecule has 1 saturated carbocycles. The Balaban J connectivity index is 1.96. The summed E-state index contributed by atoms with van der Waals surface area (Å²) in [6.07, 6.45) is 4.29. The molecule has 0 N–H and O–H groups in total. The highest BCUT2D eigenvalue weighted by Crippen LogP contribution is 2.26. The van der Waals surface area contributed by atoms with Crippen molar-refractivity contribution in [3.63, 3.8) is 0 Å². The van der Waals surface area contributed by atoms with Gasteiger partial charge in [0.15, 0.2) is 5.78 Å². The number of aryl methyl sites for hydroxylation is 1. The first-order chi connectivity index (χ1) is 8.16. The highest BCUT2D eigenvalue weighted by molar-refractivity contribution is 6.08. The zero-order valence-corrected chi connectivity index (χ0v) is 10.2. The predicted octanol–water partition coefficient (Wildman–Crippen LogP) is 3.33. The molecule has 0 amide bonds. The molecule has 1 aromatic rings. The van der Waals surface area contributed by atoms with Gasteiger partial charge < -0.3 is 0 Å². The van der Waals surface area contributed by atoms with Crippen LogP contribution in [0.2, 0.25) is 0 Å². The maximum Gasteiger partial charge on any atom is 0.170 e. The Morgan fingerprint density at radius 3 is 2.29 bits per heavy atom. The average Bonchev–Trinajstić information content (AvgIpc) is 2.83. The highest BCUT2D eigenvalue weighted by atomic mass is 16.1. The van der Waals surface area contributed by atoms with Crippen LogP contribution >= 0.6 is 0 Å². The number of carbonyl (C=O) groups excluding carboxylic acids is 2. The molecule has 2 nitrogen and oxygen atoms in total. The van der Waals surface area contributed by atoms with E-state index in [2.05, 4.69) is 0 Å². The van der Waals surface area contributed by atoms with Crippen molar-refractivity contribution in [1.82, 2.24) is 0 Å². The minimum absolute atomic E-state index is 0.0399. The minimum atomic E-state index is -0.0399. The van der Waals surface area contributed by atoms with Crippen LogP contribution in [0.4, 0.5) is 0 Å². The van der Waals surface area contributed by atoms with Gasteiger partial charge in [0.05, 0.1) is 6.42 Å². The summed E-state index contributed by atoms with van der Waals surface area (Å²) in [5.74, 6) is 0.236. The first-order valence-corrected chi connectivity index (χ1v) is 6.29. The second-order valence-electron chi connectivity index (χ2n) is 4.91. The summed E-state index contributed by atoms with van der Waals surface area (Å²) in [7, 11) is 0. The highest BCUT2D eigenvalue weighted by Gasteiger charge is 2.24. The molecule has 0 atom stereocenters. The van der Waals surface area contributed by atoms with Crippen molar-refractivity contribution in [1.29, 1.82) is 0 Å². The van der Waals surface area contributed by atoms with E-state index >= 15 is 0 Å². The van der Waals surface area contributed by atoms with Gasteiger partial charge in [-0.2, -0.15) is 0 Å². The van der Waals surface area contributed by atoms with Gasteiger partial charge in [0.25, 0.3) is 0 Å². The molecule has 0 heterocycles. The number of Topliss-reactive ketones (excluding diaryl/α,β-unsaturated/α-hetero) is 2. The summed E-state index contributed by atoms with van der Waals surface area (Å²) >= 11 is 0. The lowest BCUT2D eigenvalue weighted by Gasteiger charge is -2.07. The Kier molecular flexibility index (Phi) is 3.72. The molecule has 1 aliphatic carbocycles. The quantitative estimate of drug-likeness (QED) is 0.587. The molecule has 0 spiro atoms. The first-order valence-electron chi connectivity index (χ1n) is 6.29. The third-order valence-corrected chi connectivity index (χ3v) is 3.52. The largest absolute Gasteiger partial charge is 0.299 e. The molecule has 1 aromatic carbocycles. The fourth-order valence-electron chi connectivity index (χ4n) is 2.39. The molecule has 0 bridgehead atoms. The van der Waals surface area contributed by atoms with Gasteiger partial charge >= 0.3 is 0 Å². The van der Waals surface area contributed by atoms with Crippen LogP contribution in [0.1, 0.15) is 48.0 Å². The fourth-order valence-corrected chi connectivity index (χ4v) is 2.39. The molecule has 0 unspecified atom stereocenters. The summed E-state index contributed by atoms with van der Waals surface area (Å²) < 4.78 is 0. The summed E-state index contributed by atoms with van der Waals surface area (Å²) in [6, 6.07) is 7.43. The lowest BCUT2D eigenvalue weighted by atomic mass is 9.96. The number of carbonyl (C=O) groups is 2. The molecule has 2 rings (SSSR count). The van der Waals surface area contributed by atoms with E-state index in [0.717, 1.165) is 31.2 Å². The predicted molar refractivity (Wildman–Crippen MR) is 67.1 cm³/mol. The van der Waals surface area contributed by atoms with Gasteiger partial charge in [-0.15, -0.1) is 0 Å². The van der Waals surface area contributed by atoms with Crippen LogP contribution in [-0.4, -0.2) is 11.6 Å². The van der Waals surface area contributed by atoms with Gasteiger partial charge in [-0.1, -0.05) is 42.7 Å². The lowest BCUT2D eigenvalue weighted by molar-refractivity contribution is -0.121. The van der Waals surface area contributed by atoms with E-state index in [1.54, 1.807) is 12.1 Å². The fraction of sp³-hybridized carbons (Fsp3) is 0.467. The van der Waals surface area contributed by atoms with E-state index in [4.69, 9.17) is 0 Å². The minimum Gasteiger partial charge on any atom is -0.299 e. The second kappa shape index (κ2) is 5.26. The lowest BCUT2D eigenvalue weighted by Crippen LogP contribution is -2.15. The molecular weight excluding hydrogens is 212 g/mol. The molecule has 2 heteroatoms. The zero-order chi connectivity index (χ0) is 12.3. The van der Waals surface area contributed by atoms with Crippen molar-refractivity contribution in [2.45, 2.75) is 39.0 Å². The van der Waals surface area contributed by atoms with E-state index in [1.165, 1.54) is 0 Å². The normalized spacial score (nSPS) is 16.1. The molecule has 90 valence electrons. The molecule has 0 radical (unpaired) electrons. The van der Waals surface area contributed by atoms with Gasteiger partial charge in [0, 0.05) is 11.5 Å². The molecule has 0 aromatic heterocycles. The standard InChI is InChI=1S/C15H18O2/c1-11-6-8-13(9-7-11)15(17)10-14(16)12-4-2-3-5-12/h6-9,12H,2-5,10H2,1H3. The Labute approximate surface area is 102 Å². The van der Waals surface area contributed by atoms with Gasteiger partial charge in [-0.25, -0.2) is 0 Å².